The van der Waals surface area contributed by atoms with Crippen molar-refractivity contribution in [2.24, 2.45) is 4.99 Å². The Kier molecular flexibility index (Phi) is 6.82. The van der Waals surface area contributed by atoms with Crippen LogP contribution in [0.5, 0.6) is 0 Å². The maximum absolute atomic E-state index is 14.4. The summed E-state index contributed by atoms with van der Waals surface area (Å²) in [6.07, 6.45) is 1.78. The van der Waals surface area contributed by atoms with Crippen molar-refractivity contribution in [2.75, 3.05) is 5.32 Å². The van der Waals surface area contributed by atoms with E-state index >= 15 is 0 Å². The van der Waals surface area contributed by atoms with Gasteiger partial charge in [-0.05, 0) is 65.5 Å². The van der Waals surface area contributed by atoms with Gasteiger partial charge in [-0.25, -0.2) is 15.0 Å². The zero-order valence-electron chi connectivity index (χ0n) is 21.0. The summed E-state index contributed by atoms with van der Waals surface area (Å²) < 4.78 is 2.86. The third-order valence-electron chi connectivity index (χ3n) is 6.73. The van der Waals surface area contributed by atoms with Gasteiger partial charge in [-0.1, -0.05) is 60.7 Å². The molecule has 6 nitrogen and oxygen atoms in total. The van der Waals surface area contributed by atoms with Gasteiger partial charge in [0.05, 0.1) is 33.3 Å². The second-order valence-electron chi connectivity index (χ2n) is 9.14. The van der Waals surface area contributed by atoms with E-state index in [-0.39, 0.29) is 11.6 Å². The smallest absolute Gasteiger partial charge is 0.263 e. The number of para-hydroxylation sites is 1. The number of rotatable bonds is 7. The van der Waals surface area contributed by atoms with E-state index in [1.165, 1.54) is 0 Å². The summed E-state index contributed by atoms with van der Waals surface area (Å²) in [6.45, 7) is 2.52. The fourth-order valence-corrected chi connectivity index (χ4v) is 5.61. The van der Waals surface area contributed by atoms with Crippen LogP contribution in [-0.2, 0) is 6.54 Å². The molecule has 1 atom stereocenters. The fraction of sp³-hybridized carbons (Fsp3) is 0.0968. The van der Waals surface area contributed by atoms with Crippen LogP contribution in [0.4, 0.5) is 5.82 Å². The van der Waals surface area contributed by atoms with Gasteiger partial charge in [0.15, 0.2) is 5.82 Å². The molecule has 3 heterocycles. The molecule has 0 fully saturated rings. The van der Waals surface area contributed by atoms with E-state index in [0.717, 1.165) is 43.7 Å². The number of nitrogens with zero attached hydrogens (tertiary/aromatic N) is 4. The molecule has 3 aromatic heterocycles. The van der Waals surface area contributed by atoms with Crippen LogP contribution < -0.4 is 10.9 Å². The maximum Gasteiger partial charge on any atom is 0.263 e. The number of thiazole rings is 1. The molecule has 0 radical (unpaired) electrons. The Morgan fingerprint density at radius 1 is 1.03 bits per heavy atom. The average Bonchev–Trinajstić information content (AvgIpc) is 3.46. The largest absolute Gasteiger partial charge is 0.360 e. The lowest BCUT2D eigenvalue weighted by atomic mass is 9.97. The quantitative estimate of drug-likeness (QED) is 0.167. The topological polar surface area (TPSA) is 72.2 Å². The molecular weight excluding hydrogens is 523 g/mol. The molecule has 0 aliphatic carbocycles. The molecule has 0 saturated carbocycles. The molecule has 39 heavy (non-hydrogen) atoms. The minimum Gasteiger partial charge on any atom is -0.360 e. The van der Waals surface area contributed by atoms with Gasteiger partial charge in [-0.15, -0.1) is 11.3 Å². The number of nitrogens with one attached hydrogen (secondary N) is 1. The number of anilines is 1. The predicted octanol–water partition coefficient (Wildman–Crippen LogP) is 7.44. The van der Waals surface area contributed by atoms with E-state index in [0.29, 0.717) is 17.7 Å². The summed E-state index contributed by atoms with van der Waals surface area (Å²) in [5.41, 5.74) is 7.08. The monoisotopic (exact) mass is 545 g/mol. The molecule has 0 amide bonds. The molecule has 6 aromatic rings. The first-order valence-electron chi connectivity index (χ1n) is 12.5. The van der Waals surface area contributed by atoms with Gasteiger partial charge in [0.2, 0.25) is 0 Å². The summed E-state index contributed by atoms with van der Waals surface area (Å²) in [7, 11) is 0. The van der Waals surface area contributed by atoms with E-state index in [1.54, 1.807) is 22.1 Å². The molecule has 190 valence electrons. The summed E-state index contributed by atoms with van der Waals surface area (Å²) in [5.74, 6) is 0.695. The van der Waals surface area contributed by atoms with Crippen molar-refractivity contribution in [1.82, 2.24) is 14.5 Å². The highest BCUT2D eigenvalue weighted by molar-refractivity contribution is 7.78. The van der Waals surface area contributed by atoms with Crippen LogP contribution in [-0.4, -0.2) is 19.7 Å². The van der Waals surface area contributed by atoms with Gasteiger partial charge in [0, 0.05) is 17.6 Å². The standard InChI is InChI=1S/C31H23N5OS2/c1-20(35-30-29-27(14-15-33-30)39-19-34-29)26-16-23-6-5-9-25(22-12-10-21(11-13-22)17-32-18-38)28(23)31(37)36(26)24-7-3-2-4-8-24/h2-16,19-20H,17H2,1H3,(H,33,35)/t20-/m0/s1. The summed E-state index contributed by atoms with van der Waals surface area (Å²) in [4.78, 5) is 27.4. The van der Waals surface area contributed by atoms with Gasteiger partial charge >= 0.3 is 0 Å². The van der Waals surface area contributed by atoms with Gasteiger partial charge in [0.1, 0.15) is 5.52 Å². The van der Waals surface area contributed by atoms with E-state index in [4.69, 9.17) is 12.2 Å². The van der Waals surface area contributed by atoms with E-state index in [2.05, 4.69) is 31.5 Å². The normalized spacial score (nSPS) is 11.8. The van der Waals surface area contributed by atoms with Gasteiger partial charge in [-0.2, -0.15) is 0 Å². The zero-order chi connectivity index (χ0) is 26.8. The Labute approximate surface area is 234 Å². The van der Waals surface area contributed by atoms with Crippen LogP contribution in [0.3, 0.4) is 0 Å². The van der Waals surface area contributed by atoms with Crippen molar-refractivity contribution < 1.29 is 0 Å². The fourth-order valence-electron chi connectivity index (χ4n) is 4.87. The third-order valence-corrected chi connectivity index (χ3v) is 7.65. The number of fused-ring (bicyclic) bond motifs is 2. The predicted molar refractivity (Wildman–Crippen MR) is 163 cm³/mol. The Morgan fingerprint density at radius 2 is 1.85 bits per heavy atom. The number of hydrogen-bond acceptors (Lipinski definition) is 7. The minimum absolute atomic E-state index is 0.0767. The van der Waals surface area contributed by atoms with Crippen molar-refractivity contribution in [2.45, 2.75) is 19.5 Å². The molecule has 0 unspecified atom stereocenters. The number of aliphatic imine (C=N–C) groups is 1. The molecule has 8 heteroatoms. The highest BCUT2D eigenvalue weighted by Crippen LogP contribution is 2.31. The van der Waals surface area contributed by atoms with E-state index in [1.807, 2.05) is 91.3 Å². The Bertz CT molecular complexity index is 1910. The van der Waals surface area contributed by atoms with Crippen molar-refractivity contribution >= 4 is 55.5 Å². The Balaban J connectivity index is 1.52. The second-order valence-corrected chi connectivity index (χ2v) is 10.2. The van der Waals surface area contributed by atoms with E-state index < -0.39 is 0 Å². The minimum atomic E-state index is -0.230. The number of benzene rings is 3. The lowest BCUT2D eigenvalue weighted by Crippen LogP contribution is -2.26. The van der Waals surface area contributed by atoms with Crippen molar-refractivity contribution in [3.05, 3.63) is 118 Å². The summed E-state index contributed by atoms with van der Waals surface area (Å²) in [6, 6.07) is 27.6. The zero-order valence-corrected chi connectivity index (χ0v) is 22.7. The third kappa shape index (κ3) is 4.77. The van der Waals surface area contributed by atoms with Crippen molar-refractivity contribution in [3.63, 3.8) is 0 Å². The van der Waals surface area contributed by atoms with Crippen LogP contribution in [0.1, 0.15) is 24.2 Å². The molecule has 0 aliphatic heterocycles. The number of hydrogen-bond donors (Lipinski definition) is 1. The molecule has 3 aromatic carbocycles. The molecule has 0 bridgehead atoms. The molecule has 6 rings (SSSR count). The summed E-state index contributed by atoms with van der Waals surface area (Å²) >= 11 is 6.26. The van der Waals surface area contributed by atoms with Crippen LogP contribution in [0.15, 0.2) is 106 Å². The molecular formula is C31H23N5OS2. The van der Waals surface area contributed by atoms with Crippen LogP contribution in [0.2, 0.25) is 0 Å². The highest BCUT2D eigenvalue weighted by Gasteiger charge is 2.20. The first kappa shape index (κ1) is 24.8. The first-order valence-corrected chi connectivity index (χ1v) is 13.7. The summed E-state index contributed by atoms with van der Waals surface area (Å²) in [5, 5.41) is 7.46. The Hall–Kier alpha value is -4.49. The second kappa shape index (κ2) is 10.7. The SMILES string of the molecule is C[C@H](Nc1nccc2scnc12)c1cc2cccc(-c3ccc(CN=C=S)cc3)c2c(=O)n1-c1ccccc1. The first-order chi connectivity index (χ1) is 19.1. The van der Waals surface area contributed by atoms with Crippen LogP contribution in [0, 0.1) is 0 Å². The average molecular weight is 546 g/mol. The number of aromatic nitrogens is 3. The highest BCUT2D eigenvalue weighted by atomic mass is 32.1. The number of thiocarbonyl (C=S) groups is 1. The number of pyridine rings is 2. The molecule has 1 N–H and O–H groups in total. The molecule has 0 spiro atoms. The van der Waals surface area contributed by atoms with Crippen molar-refractivity contribution in [3.8, 4) is 16.8 Å². The molecule has 0 saturated heterocycles. The van der Waals surface area contributed by atoms with Gasteiger partial charge in [0.25, 0.3) is 5.56 Å². The van der Waals surface area contributed by atoms with Gasteiger partial charge in [-0.3, -0.25) is 9.36 Å². The van der Waals surface area contributed by atoms with Gasteiger partial charge < -0.3 is 5.32 Å². The van der Waals surface area contributed by atoms with Crippen molar-refractivity contribution in [1.29, 1.82) is 0 Å². The van der Waals surface area contributed by atoms with Crippen LogP contribution >= 0.6 is 23.6 Å². The molecule has 0 aliphatic rings. The van der Waals surface area contributed by atoms with Crippen LogP contribution in [0.25, 0.3) is 37.8 Å². The van der Waals surface area contributed by atoms with E-state index in [9.17, 15) is 4.79 Å². The lowest BCUT2D eigenvalue weighted by Gasteiger charge is -2.22. The number of isothiocyanates is 1. The maximum atomic E-state index is 14.4. The lowest BCUT2D eigenvalue weighted by molar-refractivity contribution is 0.774. The Morgan fingerprint density at radius 3 is 2.64 bits per heavy atom.